The predicted molar refractivity (Wildman–Crippen MR) is 67.4 cm³/mol. The van der Waals surface area contributed by atoms with Crippen molar-refractivity contribution in [1.82, 2.24) is 0 Å². The second-order valence-corrected chi connectivity index (χ2v) is 4.66. The maximum absolute atomic E-state index is 11.5. The van der Waals surface area contributed by atoms with E-state index < -0.39 is 17.4 Å². The van der Waals surface area contributed by atoms with Crippen LogP contribution in [0.3, 0.4) is 0 Å². The largest absolute Gasteiger partial charge is 0.481 e. The number of aliphatic carboxylic acids is 1. The molecule has 1 aromatic carbocycles. The van der Waals surface area contributed by atoms with Gasteiger partial charge in [-0.05, 0) is 30.5 Å². The Bertz CT molecular complexity index is 462. The van der Waals surface area contributed by atoms with Gasteiger partial charge in [0, 0.05) is 5.69 Å². The molecule has 1 aliphatic carbocycles. The van der Waals surface area contributed by atoms with Gasteiger partial charge in [0.15, 0.2) is 0 Å². The molecule has 1 fully saturated rings. The Balaban J connectivity index is 2.27. The average molecular weight is 248 g/mol. The van der Waals surface area contributed by atoms with E-state index in [4.69, 9.17) is 5.73 Å². The van der Waals surface area contributed by atoms with Gasteiger partial charge in [-0.2, -0.15) is 0 Å². The second-order valence-electron chi connectivity index (χ2n) is 4.66. The van der Waals surface area contributed by atoms with Crippen LogP contribution in [-0.2, 0) is 10.2 Å². The Morgan fingerprint density at radius 3 is 2.17 bits per heavy atom. The van der Waals surface area contributed by atoms with Crippen LogP contribution in [0.15, 0.2) is 24.3 Å². The van der Waals surface area contributed by atoms with Crippen molar-refractivity contribution in [3.63, 3.8) is 0 Å². The summed E-state index contributed by atoms with van der Waals surface area (Å²) in [6, 6.07) is 6.25. The Labute approximate surface area is 105 Å². The first-order valence-corrected chi connectivity index (χ1v) is 5.95. The van der Waals surface area contributed by atoms with Gasteiger partial charge in [0.25, 0.3) is 0 Å². The summed E-state index contributed by atoms with van der Waals surface area (Å²) in [5, 5.41) is 11.9. The van der Waals surface area contributed by atoms with E-state index in [0.717, 1.165) is 18.4 Å². The summed E-state index contributed by atoms with van der Waals surface area (Å²) in [7, 11) is 0. The van der Waals surface area contributed by atoms with Gasteiger partial charge in [-0.3, -0.25) is 4.79 Å². The lowest BCUT2D eigenvalue weighted by Gasteiger charge is -2.24. The summed E-state index contributed by atoms with van der Waals surface area (Å²) in [4.78, 5) is 22.2. The first-order valence-electron chi connectivity index (χ1n) is 5.95. The molecular formula is C13H16N2O3. The zero-order chi connectivity index (χ0) is 13.2. The van der Waals surface area contributed by atoms with Gasteiger partial charge in [0.1, 0.15) is 0 Å². The summed E-state index contributed by atoms with van der Waals surface area (Å²) in [5.74, 6) is -0.768. The third-order valence-electron chi connectivity index (χ3n) is 3.57. The van der Waals surface area contributed by atoms with Crippen LogP contribution in [-0.4, -0.2) is 17.1 Å². The zero-order valence-electron chi connectivity index (χ0n) is 9.98. The third-order valence-corrected chi connectivity index (χ3v) is 3.57. The second kappa shape index (κ2) is 4.68. The summed E-state index contributed by atoms with van der Waals surface area (Å²) in [6.07, 6.45) is 3.22. The fourth-order valence-corrected chi connectivity index (χ4v) is 2.62. The highest BCUT2D eigenvalue weighted by molar-refractivity contribution is 5.88. The lowest BCUT2D eigenvalue weighted by atomic mass is 9.79. The number of urea groups is 1. The van der Waals surface area contributed by atoms with Gasteiger partial charge in [0.05, 0.1) is 5.41 Å². The standard InChI is InChI=1S/C13H16N2O3/c14-12(18)15-10-5-3-9(4-6-10)13(11(16)17)7-1-2-8-13/h3-6H,1-2,7-8H2,(H,16,17)(H3,14,15,18). The van der Waals surface area contributed by atoms with Crippen molar-refractivity contribution in [2.24, 2.45) is 5.73 Å². The molecule has 1 aromatic rings. The van der Waals surface area contributed by atoms with Crippen LogP contribution >= 0.6 is 0 Å². The molecule has 4 N–H and O–H groups in total. The maximum atomic E-state index is 11.5. The SMILES string of the molecule is NC(=O)Nc1ccc(C2(C(=O)O)CCCC2)cc1. The molecule has 96 valence electrons. The van der Waals surface area contributed by atoms with Gasteiger partial charge < -0.3 is 16.2 Å². The minimum Gasteiger partial charge on any atom is -0.481 e. The smallest absolute Gasteiger partial charge is 0.316 e. The number of benzene rings is 1. The van der Waals surface area contributed by atoms with Crippen LogP contribution in [0.4, 0.5) is 10.5 Å². The van der Waals surface area contributed by atoms with Crippen molar-refractivity contribution in [2.75, 3.05) is 5.32 Å². The van der Waals surface area contributed by atoms with E-state index >= 15 is 0 Å². The first kappa shape index (κ1) is 12.4. The van der Waals surface area contributed by atoms with Crippen molar-refractivity contribution in [3.8, 4) is 0 Å². The van der Waals surface area contributed by atoms with Crippen molar-refractivity contribution < 1.29 is 14.7 Å². The molecule has 0 saturated heterocycles. The highest BCUT2D eigenvalue weighted by Crippen LogP contribution is 2.41. The lowest BCUT2D eigenvalue weighted by molar-refractivity contribution is -0.143. The van der Waals surface area contributed by atoms with Gasteiger partial charge in [-0.25, -0.2) is 4.79 Å². The first-order chi connectivity index (χ1) is 8.54. The molecule has 1 saturated carbocycles. The number of nitrogens with two attached hydrogens (primary N) is 1. The molecule has 0 spiro atoms. The molecule has 5 nitrogen and oxygen atoms in total. The number of anilines is 1. The molecule has 0 unspecified atom stereocenters. The number of carbonyl (C=O) groups is 2. The minimum atomic E-state index is -0.768. The molecule has 0 heterocycles. The topological polar surface area (TPSA) is 92.4 Å². The van der Waals surface area contributed by atoms with E-state index in [0.29, 0.717) is 18.5 Å². The van der Waals surface area contributed by atoms with Crippen LogP contribution in [0.1, 0.15) is 31.2 Å². The molecule has 0 aliphatic heterocycles. The Kier molecular flexibility index (Phi) is 3.23. The number of rotatable bonds is 3. The summed E-state index contributed by atoms with van der Waals surface area (Å²) >= 11 is 0. The average Bonchev–Trinajstić information content (AvgIpc) is 2.79. The third kappa shape index (κ3) is 2.16. The number of carboxylic acid groups (broad SMARTS) is 1. The van der Waals surface area contributed by atoms with Crippen molar-refractivity contribution in [3.05, 3.63) is 29.8 Å². The predicted octanol–water partition coefficient (Wildman–Crippen LogP) is 2.07. The van der Waals surface area contributed by atoms with E-state index in [2.05, 4.69) is 5.32 Å². The van der Waals surface area contributed by atoms with E-state index in [1.54, 1.807) is 24.3 Å². The van der Waals surface area contributed by atoms with E-state index in [1.807, 2.05) is 0 Å². The van der Waals surface area contributed by atoms with Crippen LogP contribution in [0.2, 0.25) is 0 Å². The molecule has 2 rings (SSSR count). The summed E-state index contributed by atoms with van der Waals surface area (Å²) < 4.78 is 0. The van der Waals surface area contributed by atoms with Crippen molar-refractivity contribution >= 4 is 17.7 Å². The van der Waals surface area contributed by atoms with Crippen LogP contribution < -0.4 is 11.1 Å². The fourth-order valence-electron chi connectivity index (χ4n) is 2.62. The molecule has 0 atom stereocenters. The summed E-state index contributed by atoms with van der Waals surface area (Å²) in [5.41, 5.74) is 5.62. The monoisotopic (exact) mass is 248 g/mol. The normalized spacial score (nSPS) is 17.3. The number of carboxylic acids is 1. The van der Waals surface area contributed by atoms with Crippen LogP contribution in [0.5, 0.6) is 0 Å². The molecular weight excluding hydrogens is 232 g/mol. The molecule has 0 radical (unpaired) electrons. The van der Waals surface area contributed by atoms with Gasteiger partial charge in [-0.15, -0.1) is 0 Å². The zero-order valence-corrected chi connectivity index (χ0v) is 9.98. The number of hydrogen-bond donors (Lipinski definition) is 3. The number of amides is 2. The highest BCUT2D eigenvalue weighted by Gasteiger charge is 2.42. The van der Waals surface area contributed by atoms with E-state index in [9.17, 15) is 14.7 Å². The summed E-state index contributed by atoms with van der Waals surface area (Å²) in [6.45, 7) is 0. The fraction of sp³-hybridized carbons (Fsp3) is 0.385. The molecule has 18 heavy (non-hydrogen) atoms. The quantitative estimate of drug-likeness (QED) is 0.764. The Morgan fingerprint density at radius 1 is 1.17 bits per heavy atom. The molecule has 2 amide bonds. The number of primary amides is 1. The van der Waals surface area contributed by atoms with Gasteiger partial charge in [-0.1, -0.05) is 25.0 Å². The highest BCUT2D eigenvalue weighted by atomic mass is 16.4. The van der Waals surface area contributed by atoms with Crippen molar-refractivity contribution in [2.45, 2.75) is 31.1 Å². The number of hydrogen-bond acceptors (Lipinski definition) is 2. The van der Waals surface area contributed by atoms with Crippen LogP contribution in [0, 0.1) is 0 Å². The number of nitrogens with one attached hydrogen (secondary N) is 1. The van der Waals surface area contributed by atoms with E-state index in [-0.39, 0.29) is 0 Å². The van der Waals surface area contributed by atoms with Crippen molar-refractivity contribution in [1.29, 1.82) is 0 Å². The van der Waals surface area contributed by atoms with E-state index in [1.165, 1.54) is 0 Å². The molecule has 1 aliphatic rings. The number of carbonyl (C=O) groups excluding carboxylic acids is 1. The lowest BCUT2D eigenvalue weighted by Crippen LogP contribution is -2.32. The molecule has 0 bridgehead atoms. The minimum absolute atomic E-state index is 0.574. The molecule has 0 aromatic heterocycles. The Hall–Kier alpha value is -2.04. The van der Waals surface area contributed by atoms with Gasteiger partial charge in [0.2, 0.25) is 0 Å². The van der Waals surface area contributed by atoms with Gasteiger partial charge >= 0.3 is 12.0 Å². The maximum Gasteiger partial charge on any atom is 0.316 e. The van der Waals surface area contributed by atoms with Crippen LogP contribution in [0.25, 0.3) is 0 Å². The molecule has 5 heteroatoms. The Morgan fingerprint density at radius 2 is 1.72 bits per heavy atom.